The number of primary amides is 1. The highest BCUT2D eigenvalue weighted by molar-refractivity contribution is 5.88. The summed E-state index contributed by atoms with van der Waals surface area (Å²) in [7, 11) is 0. The van der Waals surface area contributed by atoms with Crippen LogP contribution in [0.15, 0.2) is 30.3 Å². The molecule has 2 aliphatic rings. The van der Waals surface area contributed by atoms with Crippen molar-refractivity contribution in [3.63, 3.8) is 0 Å². The minimum atomic E-state index is -0.798. The molecule has 0 heterocycles. The Labute approximate surface area is 184 Å². The van der Waals surface area contributed by atoms with Gasteiger partial charge in [0.2, 0.25) is 17.7 Å². The second-order valence-corrected chi connectivity index (χ2v) is 9.21. The Morgan fingerprint density at radius 1 is 1.10 bits per heavy atom. The smallest absolute Gasteiger partial charge is 0.242 e. The lowest BCUT2D eigenvalue weighted by Crippen LogP contribution is -2.48. The first-order chi connectivity index (χ1) is 14.9. The van der Waals surface area contributed by atoms with Crippen LogP contribution >= 0.6 is 0 Å². The first kappa shape index (κ1) is 23.3. The molecule has 0 aromatic heterocycles. The molecular weight excluding hydrogens is 394 g/mol. The summed E-state index contributed by atoms with van der Waals surface area (Å²) in [6, 6.07) is 8.63. The summed E-state index contributed by atoms with van der Waals surface area (Å²) in [5.74, 6) is -0.405. The third-order valence-corrected chi connectivity index (χ3v) is 6.79. The van der Waals surface area contributed by atoms with Gasteiger partial charge in [-0.15, -0.1) is 0 Å². The van der Waals surface area contributed by atoms with Crippen molar-refractivity contribution in [2.45, 2.75) is 76.4 Å². The SMILES string of the molecule is NC(=O)CC[C@H](NC(=O)CCC1CCCC1)C(=O)NCC1([C@H](O)c2ccccc2)CC1. The van der Waals surface area contributed by atoms with Crippen LogP contribution in [0.3, 0.4) is 0 Å². The quantitative estimate of drug-likeness (QED) is 0.407. The van der Waals surface area contributed by atoms with E-state index in [1.165, 1.54) is 25.7 Å². The van der Waals surface area contributed by atoms with Gasteiger partial charge in [-0.1, -0.05) is 56.0 Å². The third-order valence-electron chi connectivity index (χ3n) is 6.79. The molecular formula is C24H35N3O4. The fraction of sp³-hybridized carbons (Fsp3) is 0.625. The van der Waals surface area contributed by atoms with Gasteiger partial charge in [-0.2, -0.15) is 0 Å². The Morgan fingerprint density at radius 3 is 2.39 bits per heavy atom. The molecule has 2 atom stereocenters. The van der Waals surface area contributed by atoms with Crippen molar-refractivity contribution in [1.82, 2.24) is 10.6 Å². The largest absolute Gasteiger partial charge is 0.388 e. The van der Waals surface area contributed by atoms with Gasteiger partial charge in [0.25, 0.3) is 0 Å². The van der Waals surface area contributed by atoms with E-state index in [0.29, 0.717) is 18.9 Å². The van der Waals surface area contributed by atoms with Crippen molar-refractivity contribution in [3.8, 4) is 0 Å². The number of hydrogen-bond acceptors (Lipinski definition) is 4. The summed E-state index contributed by atoms with van der Waals surface area (Å²) in [5.41, 5.74) is 5.71. The number of carbonyl (C=O) groups excluding carboxylic acids is 3. The summed E-state index contributed by atoms with van der Waals surface area (Å²) in [6.07, 6.45) is 7.22. The lowest BCUT2D eigenvalue weighted by Gasteiger charge is -2.25. The molecule has 0 saturated heterocycles. The van der Waals surface area contributed by atoms with Crippen molar-refractivity contribution in [3.05, 3.63) is 35.9 Å². The first-order valence-corrected chi connectivity index (χ1v) is 11.5. The number of nitrogens with two attached hydrogens (primary N) is 1. The number of carbonyl (C=O) groups is 3. The predicted octanol–water partition coefficient (Wildman–Crippen LogP) is 2.34. The molecule has 2 fully saturated rings. The first-order valence-electron chi connectivity index (χ1n) is 11.5. The van der Waals surface area contributed by atoms with E-state index in [0.717, 1.165) is 24.8 Å². The van der Waals surface area contributed by atoms with Gasteiger partial charge in [0.1, 0.15) is 6.04 Å². The number of benzene rings is 1. The summed E-state index contributed by atoms with van der Waals surface area (Å²) in [6.45, 7) is 0.326. The molecule has 0 radical (unpaired) electrons. The zero-order valence-electron chi connectivity index (χ0n) is 18.1. The zero-order chi connectivity index (χ0) is 22.3. The number of aliphatic hydroxyl groups is 1. The monoisotopic (exact) mass is 429 g/mol. The van der Waals surface area contributed by atoms with Gasteiger partial charge in [0.15, 0.2) is 0 Å². The normalized spacial score (nSPS) is 19.4. The average molecular weight is 430 g/mol. The van der Waals surface area contributed by atoms with E-state index in [4.69, 9.17) is 5.73 Å². The third kappa shape index (κ3) is 6.79. The number of nitrogens with one attached hydrogen (secondary N) is 2. The predicted molar refractivity (Wildman–Crippen MR) is 118 cm³/mol. The second kappa shape index (κ2) is 10.8. The molecule has 1 aromatic carbocycles. The van der Waals surface area contributed by atoms with E-state index >= 15 is 0 Å². The summed E-state index contributed by atoms with van der Waals surface area (Å²) < 4.78 is 0. The lowest BCUT2D eigenvalue weighted by atomic mass is 9.92. The summed E-state index contributed by atoms with van der Waals surface area (Å²) >= 11 is 0. The molecule has 5 N–H and O–H groups in total. The van der Waals surface area contributed by atoms with E-state index in [9.17, 15) is 19.5 Å². The molecule has 0 spiro atoms. The van der Waals surface area contributed by atoms with Crippen LogP contribution < -0.4 is 16.4 Å². The molecule has 7 heteroatoms. The van der Waals surface area contributed by atoms with Crippen molar-refractivity contribution >= 4 is 17.7 Å². The van der Waals surface area contributed by atoms with Crippen molar-refractivity contribution in [2.24, 2.45) is 17.1 Å². The Bertz CT molecular complexity index is 757. The van der Waals surface area contributed by atoms with Gasteiger partial charge in [-0.25, -0.2) is 0 Å². The molecule has 3 amide bonds. The molecule has 3 rings (SSSR count). The lowest BCUT2D eigenvalue weighted by molar-refractivity contribution is -0.130. The minimum absolute atomic E-state index is 0.0266. The standard InChI is InChI=1S/C24H35N3O4/c25-20(28)12-11-19(27-21(29)13-10-17-6-4-5-7-17)23(31)26-16-24(14-15-24)22(30)18-8-2-1-3-9-18/h1-3,8-9,17,19,22,30H,4-7,10-16H2,(H2,25,28)(H,26,31)(H,27,29)/t19-,22+/m0/s1. The Kier molecular flexibility index (Phi) is 8.07. The zero-order valence-corrected chi connectivity index (χ0v) is 18.1. The van der Waals surface area contributed by atoms with Gasteiger partial charge in [0, 0.05) is 24.8 Å². The molecule has 31 heavy (non-hydrogen) atoms. The van der Waals surface area contributed by atoms with Crippen molar-refractivity contribution in [1.29, 1.82) is 0 Å². The highest BCUT2D eigenvalue weighted by Crippen LogP contribution is 2.54. The average Bonchev–Trinajstić information content (AvgIpc) is 3.38. The number of aliphatic hydroxyl groups excluding tert-OH is 1. The van der Waals surface area contributed by atoms with Crippen molar-refractivity contribution < 1.29 is 19.5 Å². The van der Waals surface area contributed by atoms with Crippen molar-refractivity contribution in [2.75, 3.05) is 6.54 Å². The molecule has 1 aromatic rings. The molecule has 7 nitrogen and oxygen atoms in total. The fourth-order valence-corrected chi connectivity index (χ4v) is 4.54. The van der Waals surface area contributed by atoms with Gasteiger partial charge in [-0.05, 0) is 37.2 Å². The number of amides is 3. The van der Waals surface area contributed by atoms with E-state index in [1.54, 1.807) is 0 Å². The molecule has 2 saturated carbocycles. The highest BCUT2D eigenvalue weighted by Gasteiger charge is 2.49. The van der Waals surface area contributed by atoms with Crippen LogP contribution in [0.5, 0.6) is 0 Å². The van der Waals surface area contributed by atoms with E-state index < -0.39 is 18.1 Å². The summed E-state index contributed by atoms with van der Waals surface area (Å²) in [4.78, 5) is 36.5. The Balaban J connectivity index is 1.52. The molecule has 2 aliphatic carbocycles. The van der Waals surface area contributed by atoms with Crippen LogP contribution in [0.25, 0.3) is 0 Å². The van der Waals surface area contributed by atoms with Gasteiger partial charge >= 0.3 is 0 Å². The van der Waals surface area contributed by atoms with Crippen LogP contribution in [-0.2, 0) is 14.4 Å². The molecule has 0 aliphatic heterocycles. The maximum absolute atomic E-state index is 12.8. The maximum atomic E-state index is 12.8. The summed E-state index contributed by atoms with van der Waals surface area (Å²) in [5, 5.41) is 16.5. The maximum Gasteiger partial charge on any atom is 0.242 e. The van der Waals surface area contributed by atoms with Gasteiger partial charge in [-0.3, -0.25) is 14.4 Å². The number of hydrogen-bond donors (Lipinski definition) is 4. The van der Waals surface area contributed by atoms with E-state index in [2.05, 4.69) is 10.6 Å². The van der Waals surface area contributed by atoms with Crippen LogP contribution in [-0.4, -0.2) is 35.4 Å². The highest BCUT2D eigenvalue weighted by atomic mass is 16.3. The topological polar surface area (TPSA) is 122 Å². The van der Waals surface area contributed by atoms with Crippen LogP contribution in [0.1, 0.15) is 75.9 Å². The Morgan fingerprint density at radius 2 is 1.77 bits per heavy atom. The van der Waals surface area contributed by atoms with Gasteiger partial charge < -0.3 is 21.5 Å². The molecule has 0 bridgehead atoms. The van der Waals surface area contributed by atoms with Gasteiger partial charge in [0.05, 0.1) is 6.10 Å². The van der Waals surface area contributed by atoms with Crippen LogP contribution in [0.2, 0.25) is 0 Å². The second-order valence-electron chi connectivity index (χ2n) is 9.21. The minimum Gasteiger partial charge on any atom is -0.388 e. The molecule has 170 valence electrons. The molecule has 0 unspecified atom stereocenters. The Hall–Kier alpha value is -2.41. The van der Waals surface area contributed by atoms with E-state index in [-0.39, 0.29) is 30.1 Å². The van der Waals surface area contributed by atoms with Crippen LogP contribution in [0, 0.1) is 11.3 Å². The van der Waals surface area contributed by atoms with Crippen LogP contribution in [0.4, 0.5) is 0 Å². The number of rotatable bonds is 12. The van der Waals surface area contributed by atoms with E-state index in [1.807, 2.05) is 30.3 Å². The fourth-order valence-electron chi connectivity index (χ4n) is 4.54.